The molecule has 1 heterocycles. The fourth-order valence-electron chi connectivity index (χ4n) is 1.49. The summed E-state index contributed by atoms with van der Waals surface area (Å²) >= 11 is 6.87. The third kappa shape index (κ3) is 4.27. The third-order valence-corrected chi connectivity index (χ3v) is 3.76. The normalized spacial score (nSPS) is 17.6. The summed E-state index contributed by atoms with van der Waals surface area (Å²) in [6.45, 7) is 6.42. The number of hydrogen-bond donors (Lipinski definition) is 0. The lowest BCUT2D eigenvalue weighted by Gasteiger charge is -2.35. The number of carbonyl (C=O) groups is 1. The van der Waals surface area contributed by atoms with E-state index < -0.39 is 0 Å². The van der Waals surface area contributed by atoms with Crippen LogP contribution in [0.5, 0.6) is 0 Å². The van der Waals surface area contributed by atoms with Crippen LogP contribution in [-0.2, 0) is 9.53 Å². The Balaban J connectivity index is 2.39. The van der Waals surface area contributed by atoms with Crippen molar-refractivity contribution in [2.24, 2.45) is 0 Å². The highest BCUT2D eigenvalue weighted by Crippen LogP contribution is 2.18. The number of esters is 1. The minimum Gasteiger partial charge on any atom is -0.465 e. The van der Waals surface area contributed by atoms with Crippen LogP contribution in [0.4, 0.5) is 0 Å². The van der Waals surface area contributed by atoms with Crippen LogP contribution in [0.2, 0.25) is 0 Å². The summed E-state index contributed by atoms with van der Waals surface area (Å²) in [5.74, 6) is 0.616. The van der Waals surface area contributed by atoms with Crippen LogP contribution >= 0.6 is 24.0 Å². The molecule has 1 aliphatic heterocycles. The van der Waals surface area contributed by atoms with Crippen LogP contribution in [-0.4, -0.2) is 52.3 Å². The first kappa shape index (κ1) is 13.7. The highest BCUT2D eigenvalue weighted by Gasteiger charge is 2.22. The summed E-state index contributed by atoms with van der Waals surface area (Å²) in [7, 11) is 0. The molecule has 0 aromatic carbocycles. The first-order chi connectivity index (χ1) is 7.67. The molecule has 4 nitrogen and oxygen atoms in total. The average molecular weight is 262 g/mol. The lowest BCUT2D eigenvalue weighted by atomic mass is 10.4. The highest BCUT2D eigenvalue weighted by molar-refractivity contribution is 8.22. The predicted octanol–water partition coefficient (Wildman–Crippen LogP) is 1.51. The number of ether oxygens (including phenoxy) is 1. The molecule has 0 saturated carbocycles. The fourth-order valence-corrected chi connectivity index (χ4v) is 2.60. The summed E-state index contributed by atoms with van der Waals surface area (Å²) < 4.78 is 5.86. The van der Waals surface area contributed by atoms with Gasteiger partial charge in [-0.15, -0.1) is 0 Å². The van der Waals surface area contributed by atoms with Crippen molar-refractivity contribution in [3.8, 4) is 0 Å². The number of carbonyl (C=O) groups excluding carboxylic acids is 1. The zero-order valence-corrected chi connectivity index (χ0v) is 11.4. The van der Waals surface area contributed by atoms with Crippen molar-refractivity contribution in [3.05, 3.63) is 0 Å². The highest BCUT2D eigenvalue weighted by atomic mass is 32.2. The van der Waals surface area contributed by atoms with Crippen LogP contribution in [0.15, 0.2) is 0 Å². The molecule has 0 aromatic heterocycles. The van der Waals surface area contributed by atoms with Gasteiger partial charge in [0.2, 0.25) is 0 Å². The molecule has 0 spiro atoms. The standard InChI is InChI=1S/C10H18N2O2S2/c1-3-5-12-7-11(8-16-10(12)15)6-9(13)14-4-2/h3-8H2,1-2H3. The molecule has 0 unspecified atom stereocenters. The van der Waals surface area contributed by atoms with Crippen molar-refractivity contribution in [2.45, 2.75) is 20.3 Å². The second-order valence-corrected chi connectivity index (χ2v) is 5.16. The van der Waals surface area contributed by atoms with Crippen LogP contribution in [0.25, 0.3) is 0 Å². The van der Waals surface area contributed by atoms with Gasteiger partial charge in [0, 0.05) is 6.54 Å². The molecule has 0 radical (unpaired) electrons. The fraction of sp³-hybridized carbons (Fsp3) is 0.800. The van der Waals surface area contributed by atoms with Crippen molar-refractivity contribution >= 4 is 34.3 Å². The maximum absolute atomic E-state index is 11.3. The van der Waals surface area contributed by atoms with E-state index in [2.05, 4.69) is 11.8 Å². The molecule has 92 valence electrons. The zero-order chi connectivity index (χ0) is 12.0. The van der Waals surface area contributed by atoms with E-state index in [-0.39, 0.29) is 5.97 Å². The molecular formula is C10H18N2O2S2. The van der Waals surface area contributed by atoms with Gasteiger partial charge in [0.15, 0.2) is 0 Å². The molecule has 1 saturated heterocycles. The van der Waals surface area contributed by atoms with E-state index in [1.54, 1.807) is 11.8 Å². The van der Waals surface area contributed by atoms with Gasteiger partial charge in [0.1, 0.15) is 4.32 Å². The molecule has 0 aromatic rings. The summed E-state index contributed by atoms with van der Waals surface area (Å²) in [4.78, 5) is 15.5. The largest absolute Gasteiger partial charge is 0.465 e. The monoisotopic (exact) mass is 262 g/mol. The topological polar surface area (TPSA) is 32.8 Å². The zero-order valence-electron chi connectivity index (χ0n) is 9.77. The third-order valence-electron chi connectivity index (χ3n) is 2.15. The maximum Gasteiger partial charge on any atom is 0.320 e. The van der Waals surface area contributed by atoms with Gasteiger partial charge < -0.3 is 9.64 Å². The average Bonchev–Trinajstić information content (AvgIpc) is 2.24. The van der Waals surface area contributed by atoms with Crippen molar-refractivity contribution in [3.63, 3.8) is 0 Å². The molecule has 1 rings (SSSR count). The number of nitrogens with zero attached hydrogens (tertiary/aromatic N) is 2. The summed E-state index contributed by atoms with van der Waals surface area (Å²) in [6.07, 6.45) is 1.06. The van der Waals surface area contributed by atoms with Crippen LogP contribution in [0.3, 0.4) is 0 Å². The Morgan fingerprint density at radius 1 is 1.56 bits per heavy atom. The molecule has 0 atom stereocenters. The molecule has 0 N–H and O–H groups in total. The predicted molar refractivity (Wildman–Crippen MR) is 70.3 cm³/mol. The van der Waals surface area contributed by atoms with E-state index in [1.165, 1.54) is 0 Å². The molecular weight excluding hydrogens is 244 g/mol. The van der Waals surface area contributed by atoms with Crippen molar-refractivity contribution < 1.29 is 9.53 Å². The van der Waals surface area contributed by atoms with Gasteiger partial charge >= 0.3 is 5.97 Å². The van der Waals surface area contributed by atoms with Gasteiger partial charge in [-0.1, -0.05) is 30.9 Å². The van der Waals surface area contributed by atoms with Gasteiger partial charge in [-0.25, -0.2) is 0 Å². The Labute approximate surface area is 106 Å². The first-order valence-electron chi connectivity index (χ1n) is 5.47. The van der Waals surface area contributed by atoms with Crippen molar-refractivity contribution in [1.29, 1.82) is 0 Å². The first-order valence-corrected chi connectivity index (χ1v) is 6.86. The Bertz CT molecular complexity index is 261. The van der Waals surface area contributed by atoms with E-state index in [0.717, 1.165) is 29.8 Å². The Morgan fingerprint density at radius 3 is 2.94 bits per heavy atom. The second-order valence-electron chi connectivity index (χ2n) is 3.58. The molecule has 0 aliphatic carbocycles. The number of rotatable bonds is 5. The van der Waals surface area contributed by atoms with E-state index in [4.69, 9.17) is 17.0 Å². The minimum absolute atomic E-state index is 0.160. The van der Waals surface area contributed by atoms with Gasteiger partial charge in [-0.3, -0.25) is 9.69 Å². The Kier molecular flexibility index (Phi) is 6.08. The lowest BCUT2D eigenvalue weighted by molar-refractivity contribution is -0.144. The molecule has 0 bridgehead atoms. The lowest BCUT2D eigenvalue weighted by Crippen LogP contribution is -2.46. The molecule has 1 fully saturated rings. The Morgan fingerprint density at radius 2 is 2.31 bits per heavy atom. The number of thioether (sulfide) groups is 1. The summed E-state index contributed by atoms with van der Waals surface area (Å²) in [5, 5.41) is 0. The quantitative estimate of drug-likeness (QED) is 0.552. The van der Waals surface area contributed by atoms with Gasteiger partial charge in [-0.05, 0) is 13.3 Å². The van der Waals surface area contributed by atoms with Crippen LogP contribution in [0.1, 0.15) is 20.3 Å². The van der Waals surface area contributed by atoms with Crippen LogP contribution < -0.4 is 0 Å². The van der Waals surface area contributed by atoms with E-state index in [9.17, 15) is 4.79 Å². The van der Waals surface area contributed by atoms with E-state index in [1.807, 2.05) is 11.8 Å². The summed E-state index contributed by atoms with van der Waals surface area (Å²) in [6, 6.07) is 0. The Hall–Kier alpha value is -0.330. The maximum atomic E-state index is 11.3. The van der Waals surface area contributed by atoms with Gasteiger partial charge in [0.25, 0.3) is 0 Å². The SMILES string of the molecule is CCCN1CN(CC(=O)OCC)CSC1=S. The molecule has 1 aliphatic rings. The van der Waals surface area contributed by atoms with E-state index in [0.29, 0.717) is 13.2 Å². The molecule has 6 heteroatoms. The second kappa shape index (κ2) is 7.09. The molecule has 0 amide bonds. The van der Waals surface area contributed by atoms with Gasteiger partial charge in [0.05, 0.1) is 25.7 Å². The molecule has 16 heavy (non-hydrogen) atoms. The number of hydrogen-bond acceptors (Lipinski definition) is 5. The van der Waals surface area contributed by atoms with Crippen LogP contribution in [0, 0.1) is 0 Å². The minimum atomic E-state index is -0.160. The van der Waals surface area contributed by atoms with Crippen molar-refractivity contribution in [2.75, 3.05) is 32.2 Å². The van der Waals surface area contributed by atoms with E-state index >= 15 is 0 Å². The number of thiocarbonyl (C=S) groups is 1. The van der Waals surface area contributed by atoms with Crippen molar-refractivity contribution in [1.82, 2.24) is 9.80 Å². The van der Waals surface area contributed by atoms with Gasteiger partial charge in [-0.2, -0.15) is 0 Å². The summed E-state index contributed by atoms with van der Waals surface area (Å²) in [5.41, 5.74) is 0. The smallest absolute Gasteiger partial charge is 0.320 e.